The van der Waals surface area contributed by atoms with Gasteiger partial charge in [0, 0.05) is 25.9 Å². The molecule has 3 nitrogen and oxygen atoms in total. The Bertz CT molecular complexity index is 342. The highest BCUT2D eigenvalue weighted by Crippen LogP contribution is 2.17. The molecule has 0 unspecified atom stereocenters. The van der Waals surface area contributed by atoms with Crippen molar-refractivity contribution >= 4 is 21.4 Å². The van der Waals surface area contributed by atoms with Gasteiger partial charge in [0.15, 0.2) is 0 Å². The van der Waals surface area contributed by atoms with Gasteiger partial charge in [-0.05, 0) is 38.0 Å². The molecule has 0 aliphatic rings. The second kappa shape index (κ2) is 10.4. The summed E-state index contributed by atoms with van der Waals surface area (Å²) >= 11 is 4.22. The Labute approximate surface area is 129 Å². The van der Waals surface area contributed by atoms with Crippen LogP contribution in [0.25, 0.3) is 0 Å². The number of unbranched alkanes of at least 4 members (excludes halogenated alkanes) is 1. The maximum Gasteiger partial charge on any atom is 0.505 e. The largest absolute Gasteiger partial charge is 0.505 e. The fourth-order valence-corrected chi connectivity index (χ4v) is 4.86. The van der Waals surface area contributed by atoms with E-state index in [1.807, 2.05) is 32.0 Å². The van der Waals surface area contributed by atoms with E-state index in [0.29, 0.717) is 19.8 Å². The van der Waals surface area contributed by atoms with Crippen LogP contribution in [0.4, 0.5) is 0 Å². The highest BCUT2D eigenvalue weighted by Gasteiger charge is 2.40. The first kappa shape index (κ1) is 17.7. The van der Waals surface area contributed by atoms with Gasteiger partial charge in [0.1, 0.15) is 0 Å². The maximum atomic E-state index is 6.08. The number of benzene rings is 1. The molecule has 0 radical (unpaired) electrons. The van der Waals surface area contributed by atoms with Crippen molar-refractivity contribution in [3.8, 4) is 0 Å². The number of thiol groups is 1. The lowest BCUT2D eigenvalue weighted by atomic mass is 10.2. The Morgan fingerprint density at radius 2 is 1.60 bits per heavy atom. The fraction of sp³-hybridized carbons (Fsp3) is 0.600. The van der Waals surface area contributed by atoms with Gasteiger partial charge in [0.2, 0.25) is 0 Å². The average Bonchev–Trinajstić information content (AvgIpc) is 2.45. The van der Waals surface area contributed by atoms with Gasteiger partial charge < -0.3 is 13.3 Å². The Balaban J connectivity index is 2.69. The smallest absolute Gasteiger partial charge is 0.374 e. The molecule has 0 amide bonds. The van der Waals surface area contributed by atoms with Crippen molar-refractivity contribution in [2.75, 3.05) is 25.6 Å². The molecule has 0 saturated heterocycles. The normalized spacial score (nSPS) is 11.8. The third kappa shape index (κ3) is 6.41. The number of hydrogen-bond donors (Lipinski definition) is 1. The average molecular weight is 315 g/mol. The van der Waals surface area contributed by atoms with Crippen molar-refractivity contribution in [2.24, 2.45) is 0 Å². The van der Waals surface area contributed by atoms with Crippen molar-refractivity contribution in [1.29, 1.82) is 0 Å². The van der Waals surface area contributed by atoms with Gasteiger partial charge >= 0.3 is 8.80 Å². The highest BCUT2D eigenvalue weighted by atomic mass is 32.1. The van der Waals surface area contributed by atoms with E-state index in [9.17, 15) is 0 Å². The fourth-order valence-electron chi connectivity index (χ4n) is 2.01. The molecule has 1 aromatic rings. The van der Waals surface area contributed by atoms with Crippen molar-refractivity contribution in [3.05, 3.63) is 35.9 Å². The summed E-state index contributed by atoms with van der Waals surface area (Å²) in [4.78, 5) is 0. The molecule has 0 aliphatic heterocycles. The van der Waals surface area contributed by atoms with E-state index in [1.165, 1.54) is 5.56 Å². The minimum absolute atomic E-state index is 0.617. The standard InChI is InChI=1S/C15H26O3SSi/c1-3-16-20(17-4-2,18-12-8-9-13-19)14-15-10-6-5-7-11-15/h5-7,10-11,19H,3-4,8-9,12-14H2,1-2H3. The van der Waals surface area contributed by atoms with Gasteiger partial charge in [-0.3, -0.25) is 0 Å². The molecule has 0 fully saturated rings. The third-order valence-corrected chi connectivity index (χ3v) is 6.12. The predicted molar refractivity (Wildman–Crippen MR) is 88.2 cm³/mol. The molecule has 0 heterocycles. The van der Waals surface area contributed by atoms with Crippen molar-refractivity contribution in [3.63, 3.8) is 0 Å². The zero-order chi connectivity index (χ0) is 14.7. The van der Waals surface area contributed by atoms with Gasteiger partial charge in [-0.1, -0.05) is 30.3 Å². The molecule has 0 N–H and O–H groups in total. The summed E-state index contributed by atoms with van der Waals surface area (Å²) in [6, 6.07) is 11.0. The maximum absolute atomic E-state index is 6.08. The molecule has 0 aromatic heterocycles. The van der Waals surface area contributed by atoms with E-state index in [1.54, 1.807) is 0 Å². The number of rotatable bonds is 11. The van der Waals surface area contributed by atoms with Crippen LogP contribution in [0, 0.1) is 0 Å². The van der Waals surface area contributed by atoms with E-state index in [4.69, 9.17) is 13.3 Å². The lowest BCUT2D eigenvalue weighted by molar-refractivity contribution is 0.0652. The van der Waals surface area contributed by atoms with Gasteiger partial charge in [-0.2, -0.15) is 12.6 Å². The van der Waals surface area contributed by atoms with Gasteiger partial charge in [-0.15, -0.1) is 0 Å². The molecular formula is C15H26O3SSi. The first-order valence-corrected chi connectivity index (χ1v) is 9.89. The van der Waals surface area contributed by atoms with Crippen LogP contribution in [0.1, 0.15) is 32.3 Å². The summed E-state index contributed by atoms with van der Waals surface area (Å²) < 4.78 is 17.9. The molecule has 0 aliphatic carbocycles. The molecular weight excluding hydrogens is 288 g/mol. The van der Waals surface area contributed by atoms with Crippen molar-refractivity contribution in [1.82, 2.24) is 0 Å². The molecule has 1 aromatic carbocycles. The van der Waals surface area contributed by atoms with E-state index in [0.717, 1.165) is 24.6 Å². The van der Waals surface area contributed by atoms with Crippen molar-refractivity contribution < 1.29 is 13.3 Å². The second-order valence-electron chi connectivity index (χ2n) is 4.49. The predicted octanol–water partition coefficient (Wildman–Crippen LogP) is 3.51. The lowest BCUT2D eigenvalue weighted by Crippen LogP contribution is -2.49. The van der Waals surface area contributed by atoms with Gasteiger partial charge in [0.25, 0.3) is 0 Å². The quantitative estimate of drug-likeness (QED) is 0.385. The lowest BCUT2D eigenvalue weighted by Gasteiger charge is -2.29. The van der Waals surface area contributed by atoms with Crippen LogP contribution in [0.5, 0.6) is 0 Å². The summed E-state index contributed by atoms with van der Waals surface area (Å²) in [6.45, 7) is 5.89. The molecule has 1 rings (SSSR count). The molecule has 0 bridgehead atoms. The zero-order valence-electron chi connectivity index (χ0n) is 12.5. The van der Waals surface area contributed by atoms with Crippen LogP contribution in [0.2, 0.25) is 0 Å². The van der Waals surface area contributed by atoms with Crippen LogP contribution in [-0.4, -0.2) is 34.4 Å². The molecule has 114 valence electrons. The molecule has 5 heteroatoms. The zero-order valence-corrected chi connectivity index (χ0v) is 14.4. The van der Waals surface area contributed by atoms with Crippen LogP contribution >= 0.6 is 12.6 Å². The highest BCUT2D eigenvalue weighted by molar-refractivity contribution is 7.80. The van der Waals surface area contributed by atoms with Crippen LogP contribution < -0.4 is 0 Å². The van der Waals surface area contributed by atoms with E-state index < -0.39 is 8.80 Å². The van der Waals surface area contributed by atoms with Crippen LogP contribution in [0.15, 0.2) is 30.3 Å². The Morgan fingerprint density at radius 1 is 0.950 bits per heavy atom. The topological polar surface area (TPSA) is 27.7 Å². The number of hydrogen-bond acceptors (Lipinski definition) is 4. The first-order valence-electron chi connectivity index (χ1n) is 7.33. The van der Waals surface area contributed by atoms with Crippen molar-refractivity contribution in [2.45, 2.75) is 32.7 Å². The van der Waals surface area contributed by atoms with Gasteiger partial charge in [-0.25, -0.2) is 0 Å². The minimum atomic E-state index is -2.61. The summed E-state index contributed by atoms with van der Waals surface area (Å²) in [5.41, 5.74) is 1.20. The summed E-state index contributed by atoms with van der Waals surface area (Å²) in [5.74, 6) is 0.889. The Kier molecular flexibility index (Phi) is 9.21. The SMILES string of the molecule is CCO[Si](Cc1ccccc1)(OCC)OCCCCS. The monoisotopic (exact) mass is 314 g/mol. The van der Waals surface area contributed by atoms with Crippen LogP contribution in [-0.2, 0) is 19.3 Å². The second-order valence-corrected chi connectivity index (χ2v) is 7.52. The van der Waals surface area contributed by atoms with Gasteiger partial charge in [0.05, 0.1) is 0 Å². The van der Waals surface area contributed by atoms with Crippen LogP contribution in [0.3, 0.4) is 0 Å². The van der Waals surface area contributed by atoms with E-state index in [2.05, 4.69) is 24.8 Å². The van der Waals surface area contributed by atoms with E-state index >= 15 is 0 Å². The minimum Gasteiger partial charge on any atom is -0.374 e. The molecule has 0 atom stereocenters. The summed E-state index contributed by atoms with van der Waals surface area (Å²) in [6.07, 6.45) is 2.05. The summed E-state index contributed by atoms with van der Waals surface area (Å²) in [5, 5.41) is 0. The molecule has 0 saturated carbocycles. The Morgan fingerprint density at radius 3 is 2.15 bits per heavy atom. The third-order valence-electron chi connectivity index (χ3n) is 2.87. The van der Waals surface area contributed by atoms with E-state index in [-0.39, 0.29) is 0 Å². The molecule has 20 heavy (non-hydrogen) atoms. The Hall–Kier alpha value is -0.333. The molecule has 0 spiro atoms. The summed E-state index contributed by atoms with van der Waals surface area (Å²) in [7, 11) is -2.61. The first-order chi connectivity index (χ1) is 9.76.